The fourth-order valence-corrected chi connectivity index (χ4v) is 2.38. The number of hydrogen-bond donors (Lipinski definition) is 1. The standard InChI is InChI=1S/C9H19NOS/c1-3-10-8(2)4-5-12-9-6-11-7-9/h8-10H,3-7H2,1-2H3. The van der Waals surface area contributed by atoms with Gasteiger partial charge in [-0.05, 0) is 25.6 Å². The Labute approximate surface area is 79.4 Å². The molecule has 1 atom stereocenters. The van der Waals surface area contributed by atoms with E-state index in [1.54, 1.807) is 0 Å². The number of ether oxygens (including phenoxy) is 1. The topological polar surface area (TPSA) is 21.3 Å². The van der Waals surface area contributed by atoms with Crippen LogP contribution in [0.25, 0.3) is 0 Å². The fraction of sp³-hybridized carbons (Fsp3) is 1.00. The smallest absolute Gasteiger partial charge is 0.0607 e. The maximum atomic E-state index is 5.10. The summed E-state index contributed by atoms with van der Waals surface area (Å²) in [4.78, 5) is 0. The van der Waals surface area contributed by atoms with Crippen molar-refractivity contribution >= 4 is 11.8 Å². The molecule has 0 aliphatic carbocycles. The molecule has 0 aromatic heterocycles. The first-order valence-electron chi connectivity index (χ1n) is 4.75. The molecule has 0 aromatic rings. The molecule has 1 aliphatic rings. The molecule has 1 rings (SSSR count). The van der Waals surface area contributed by atoms with Crippen molar-refractivity contribution in [3.05, 3.63) is 0 Å². The quantitative estimate of drug-likeness (QED) is 0.684. The molecular weight excluding hydrogens is 170 g/mol. The van der Waals surface area contributed by atoms with Crippen LogP contribution in [0.1, 0.15) is 20.3 Å². The minimum absolute atomic E-state index is 0.670. The highest BCUT2D eigenvalue weighted by Crippen LogP contribution is 2.19. The van der Waals surface area contributed by atoms with E-state index in [0.717, 1.165) is 25.0 Å². The molecule has 1 N–H and O–H groups in total. The van der Waals surface area contributed by atoms with E-state index in [4.69, 9.17) is 4.74 Å². The third-order valence-electron chi connectivity index (χ3n) is 2.06. The largest absolute Gasteiger partial charge is 0.379 e. The Morgan fingerprint density at radius 3 is 2.83 bits per heavy atom. The van der Waals surface area contributed by atoms with Gasteiger partial charge in [0.05, 0.1) is 18.5 Å². The van der Waals surface area contributed by atoms with E-state index >= 15 is 0 Å². The van der Waals surface area contributed by atoms with E-state index in [-0.39, 0.29) is 0 Å². The lowest BCUT2D eigenvalue weighted by Crippen LogP contribution is -2.31. The third kappa shape index (κ3) is 3.78. The average molecular weight is 189 g/mol. The molecule has 1 heterocycles. The van der Waals surface area contributed by atoms with Gasteiger partial charge in [-0.1, -0.05) is 6.92 Å². The molecule has 1 saturated heterocycles. The predicted octanol–water partition coefficient (Wildman–Crippen LogP) is 1.51. The Kier molecular flexibility index (Phi) is 5.04. The first-order valence-corrected chi connectivity index (χ1v) is 5.80. The van der Waals surface area contributed by atoms with Gasteiger partial charge < -0.3 is 10.1 Å². The molecule has 0 amide bonds. The van der Waals surface area contributed by atoms with Crippen molar-refractivity contribution in [2.24, 2.45) is 0 Å². The Balaban J connectivity index is 1.86. The highest BCUT2D eigenvalue weighted by Gasteiger charge is 2.18. The van der Waals surface area contributed by atoms with Gasteiger partial charge in [-0.25, -0.2) is 0 Å². The summed E-state index contributed by atoms with van der Waals surface area (Å²) < 4.78 is 5.10. The molecule has 3 heteroatoms. The molecule has 0 saturated carbocycles. The number of thioether (sulfide) groups is 1. The summed E-state index contributed by atoms with van der Waals surface area (Å²) in [6.45, 7) is 7.43. The summed E-state index contributed by atoms with van der Waals surface area (Å²) >= 11 is 2.05. The average Bonchev–Trinajstić information content (AvgIpc) is 1.95. The van der Waals surface area contributed by atoms with Crippen LogP contribution in [-0.4, -0.2) is 36.8 Å². The molecule has 0 radical (unpaired) electrons. The summed E-state index contributed by atoms with van der Waals surface area (Å²) in [6.07, 6.45) is 1.27. The Morgan fingerprint density at radius 1 is 1.58 bits per heavy atom. The van der Waals surface area contributed by atoms with Gasteiger partial charge in [0.15, 0.2) is 0 Å². The minimum atomic E-state index is 0.670. The normalized spacial score (nSPS) is 20.5. The molecule has 0 bridgehead atoms. The summed E-state index contributed by atoms with van der Waals surface area (Å²) in [5.74, 6) is 1.27. The van der Waals surface area contributed by atoms with Crippen LogP contribution >= 0.6 is 11.8 Å². The maximum absolute atomic E-state index is 5.10. The van der Waals surface area contributed by atoms with Gasteiger partial charge in [-0.3, -0.25) is 0 Å². The predicted molar refractivity (Wildman–Crippen MR) is 54.8 cm³/mol. The second-order valence-corrected chi connectivity index (χ2v) is 4.69. The maximum Gasteiger partial charge on any atom is 0.0607 e. The second kappa shape index (κ2) is 5.84. The van der Waals surface area contributed by atoms with E-state index in [1.807, 2.05) is 0 Å². The van der Waals surface area contributed by atoms with E-state index in [0.29, 0.717) is 6.04 Å². The zero-order chi connectivity index (χ0) is 8.81. The van der Waals surface area contributed by atoms with Gasteiger partial charge in [0.1, 0.15) is 0 Å². The van der Waals surface area contributed by atoms with Crippen molar-refractivity contribution < 1.29 is 4.74 Å². The summed E-state index contributed by atoms with van der Waals surface area (Å²) in [6, 6.07) is 0.670. The van der Waals surface area contributed by atoms with Crippen molar-refractivity contribution in [3.8, 4) is 0 Å². The van der Waals surface area contributed by atoms with Crippen molar-refractivity contribution in [1.29, 1.82) is 0 Å². The van der Waals surface area contributed by atoms with Crippen molar-refractivity contribution in [2.75, 3.05) is 25.5 Å². The fourth-order valence-electron chi connectivity index (χ4n) is 1.17. The molecule has 1 unspecified atom stereocenters. The van der Waals surface area contributed by atoms with Crippen LogP contribution in [0.2, 0.25) is 0 Å². The second-order valence-electron chi connectivity index (χ2n) is 3.28. The highest BCUT2D eigenvalue weighted by molar-refractivity contribution is 8.00. The molecule has 12 heavy (non-hydrogen) atoms. The van der Waals surface area contributed by atoms with E-state index in [2.05, 4.69) is 30.9 Å². The summed E-state index contributed by atoms with van der Waals surface area (Å²) in [7, 11) is 0. The monoisotopic (exact) mass is 189 g/mol. The lowest BCUT2D eigenvalue weighted by Gasteiger charge is -2.25. The van der Waals surface area contributed by atoms with Crippen LogP contribution in [0.5, 0.6) is 0 Å². The van der Waals surface area contributed by atoms with Crippen LogP contribution < -0.4 is 5.32 Å². The van der Waals surface area contributed by atoms with Gasteiger partial charge in [0.2, 0.25) is 0 Å². The molecule has 1 aliphatic heterocycles. The van der Waals surface area contributed by atoms with Gasteiger partial charge >= 0.3 is 0 Å². The molecular formula is C9H19NOS. The van der Waals surface area contributed by atoms with Gasteiger partial charge in [0.25, 0.3) is 0 Å². The van der Waals surface area contributed by atoms with Crippen molar-refractivity contribution in [1.82, 2.24) is 5.32 Å². The number of nitrogens with one attached hydrogen (secondary N) is 1. The van der Waals surface area contributed by atoms with Gasteiger partial charge in [0, 0.05) is 6.04 Å². The number of rotatable bonds is 6. The SMILES string of the molecule is CCNC(C)CCSC1COC1. The summed E-state index contributed by atoms with van der Waals surface area (Å²) in [5, 5.41) is 4.20. The lowest BCUT2D eigenvalue weighted by atomic mass is 10.3. The van der Waals surface area contributed by atoms with E-state index < -0.39 is 0 Å². The highest BCUT2D eigenvalue weighted by atomic mass is 32.2. The Hall–Kier alpha value is 0.270. The molecule has 0 spiro atoms. The lowest BCUT2D eigenvalue weighted by molar-refractivity contribution is 0.0455. The van der Waals surface area contributed by atoms with Gasteiger partial charge in [-0.2, -0.15) is 11.8 Å². The third-order valence-corrected chi connectivity index (χ3v) is 3.28. The zero-order valence-electron chi connectivity index (χ0n) is 8.01. The van der Waals surface area contributed by atoms with E-state index in [1.165, 1.54) is 12.2 Å². The van der Waals surface area contributed by atoms with Crippen LogP contribution in [0.4, 0.5) is 0 Å². The van der Waals surface area contributed by atoms with Crippen LogP contribution in [0, 0.1) is 0 Å². The van der Waals surface area contributed by atoms with Gasteiger partial charge in [-0.15, -0.1) is 0 Å². The molecule has 0 aromatic carbocycles. The first kappa shape index (κ1) is 10.4. The minimum Gasteiger partial charge on any atom is -0.379 e. The van der Waals surface area contributed by atoms with Crippen molar-refractivity contribution in [2.45, 2.75) is 31.6 Å². The molecule has 1 fully saturated rings. The first-order chi connectivity index (χ1) is 5.83. The Morgan fingerprint density at radius 2 is 2.33 bits per heavy atom. The van der Waals surface area contributed by atoms with Crippen LogP contribution in [0.3, 0.4) is 0 Å². The zero-order valence-corrected chi connectivity index (χ0v) is 8.82. The van der Waals surface area contributed by atoms with E-state index in [9.17, 15) is 0 Å². The molecule has 2 nitrogen and oxygen atoms in total. The number of hydrogen-bond acceptors (Lipinski definition) is 3. The van der Waals surface area contributed by atoms with Crippen LogP contribution in [0.15, 0.2) is 0 Å². The Bertz CT molecular complexity index is 117. The molecule has 72 valence electrons. The van der Waals surface area contributed by atoms with Crippen molar-refractivity contribution in [3.63, 3.8) is 0 Å². The van der Waals surface area contributed by atoms with Crippen LogP contribution in [-0.2, 0) is 4.74 Å². The summed E-state index contributed by atoms with van der Waals surface area (Å²) in [5.41, 5.74) is 0.